The van der Waals surface area contributed by atoms with E-state index in [9.17, 15) is 0 Å². The lowest BCUT2D eigenvalue weighted by Gasteiger charge is -2.12. The van der Waals surface area contributed by atoms with Crippen molar-refractivity contribution in [2.45, 2.75) is 6.61 Å². The molecule has 0 atom stereocenters. The zero-order valence-electron chi connectivity index (χ0n) is 10.1. The van der Waals surface area contributed by atoms with Gasteiger partial charge in [0.2, 0.25) is 0 Å². The molecule has 0 bridgehead atoms. The van der Waals surface area contributed by atoms with Crippen LogP contribution in [0.4, 0.5) is 5.69 Å². The first-order valence-corrected chi connectivity index (χ1v) is 5.54. The summed E-state index contributed by atoms with van der Waals surface area (Å²) in [5.41, 5.74) is 4.01. The van der Waals surface area contributed by atoms with Gasteiger partial charge in [-0.15, -0.1) is 0 Å². The highest BCUT2D eigenvalue weighted by Crippen LogP contribution is 2.19. The van der Waals surface area contributed by atoms with Crippen LogP contribution in [-0.4, -0.2) is 24.2 Å². The molecule has 88 valence electrons. The largest absolute Gasteiger partial charge is 0.392 e. The molecule has 0 fully saturated rings. The van der Waals surface area contributed by atoms with Gasteiger partial charge >= 0.3 is 0 Å². The number of pyridine rings is 1. The molecule has 2 aromatic rings. The molecular weight excluding hydrogens is 212 g/mol. The van der Waals surface area contributed by atoms with Gasteiger partial charge in [0, 0.05) is 19.7 Å². The Kier molecular flexibility index (Phi) is 3.40. The summed E-state index contributed by atoms with van der Waals surface area (Å²) in [5.74, 6) is 0. The molecule has 0 spiro atoms. The second kappa shape index (κ2) is 4.97. The number of hydrogen-bond acceptors (Lipinski definition) is 3. The van der Waals surface area contributed by atoms with Gasteiger partial charge in [-0.25, -0.2) is 0 Å². The van der Waals surface area contributed by atoms with Crippen LogP contribution >= 0.6 is 0 Å². The van der Waals surface area contributed by atoms with E-state index >= 15 is 0 Å². The predicted molar refractivity (Wildman–Crippen MR) is 69.9 cm³/mol. The summed E-state index contributed by atoms with van der Waals surface area (Å²) < 4.78 is 0. The van der Waals surface area contributed by atoms with Crippen LogP contribution in [0.3, 0.4) is 0 Å². The first-order valence-electron chi connectivity index (χ1n) is 5.54. The molecule has 0 unspecified atom stereocenters. The molecule has 0 aliphatic heterocycles. The predicted octanol–water partition coefficient (Wildman–Crippen LogP) is 2.31. The summed E-state index contributed by atoms with van der Waals surface area (Å²) in [4.78, 5) is 6.44. The van der Waals surface area contributed by atoms with Crippen molar-refractivity contribution < 1.29 is 5.11 Å². The fourth-order valence-corrected chi connectivity index (χ4v) is 1.60. The Hall–Kier alpha value is -1.87. The zero-order chi connectivity index (χ0) is 12.3. The average Bonchev–Trinajstić information content (AvgIpc) is 2.39. The molecule has 17 heavy (non-hydrogen) atoms. The third-order valence-electron chi connectivity index (χ3n) is 2.70. The van der Waals surface area contributed by atoms with Crippen LogP contribution < -0.4 is 4.90 Å². The molecule has 0 aliphatic carbocycles. The lowest BCUT2D eigenvalue weighted by Crippen LogP contribution is -2.08. The highest BCUT2D eigenvalue weighted by molar-refractivity contribution is 5.61. The van der Waals surface area contributed by atoms with Crippen molar-refractivity contribution in [3.63, 3.8) is 0 Å². The fourth-order valence-electron chi connectivity index (χ4n) is 1.60. The maximum absolute atomic E-state index is 8.98. The summed E-state index contributed by atoms with van der Waals surface area (Å²) in [6.07, 6.45) is 1.86. The molecule has 1 aromatic carbocycles. The fraction of sp³-hybridized carbons (Fsp3) is 0.214. The van der Waals surface area contributed by atoms with Crippen molar-refractivity contribution >= 4 is 5.69 Å². The standard InChI is InChI=1S/C14H16N2O/c1-16(2)13-7-8-14(15-9-13)12-5-3-11(10-17)4-6-12/h3-9,17H,10H2,1-2H3. The topological polar surface area (TPSA) is 36.4 Å². The monoisotopic (exact) mass is 228 g/mol. The van der Waals surface area contributed by atoms with Crippen molar-refractivity contribution in [2.24, 2.45) is 0 Å². The number of hydrogen-bond donors (Lipinski definition) is 1. The number of benzene rings is 1. The third kappa shape index (κ3) is 2.63. The number of aromatic nitrogens is 1. The Morgan fingerprint density at radius 2 is 1.76 bits per heavy atom. The summed E-state index contributed by atoms with van der Waals surface area (Å²) in [5, 5.41) is 8.98. The van der Waals surface area contributed by atoms with E-state index in [-0.39, 0.29) is 6.61 Å². The number of anilines is 1. The second-order valence-corrected chi connectivity index (χ2v) is 4.15. The van der Waals surface area contributed by atoms with Gasteiger partial charge in [0.15, 0.2) is 0 Å². The van der Waals surface area contributed by atoms with Gasteiger partial charge in [-0.2, -0.15) is 0 Å². The van der Waals surface area contributed by atoms with Crippen LogP contribution in [0, 0.1) is 0 Å². The smallest absolute Gasteiger partial charge is 0.0703 e. The second-order valence-electron chi connectivity index (χ2n) is 4.15. The first-order chi connectivity index (χ1) is 8.20. The Bertz CT molecular complexity index is 475. The minimum absolute atomic E-state index is 0.0767. The molecule has 1 N–H and O–H groups in total. The van der Waals surface area contributed by atoms with Crippen LogP contribution in [0.25, 0.3) is 11.3 Å². The van der Waals surface area contributed by atoms with Crippen molar-refractivity contribution in [1.82, 2.24) is 4.98 Å². The molecule has 0 saturated carbocycles. The van der Waals surface area contributed by atoms with Crippen molar-refractivity contribution in [3.8, 4) is 11.3 Å². The number of aliphatic hydroxyl groups excluding tert-OH is 1. The molecule has 0 aliphatic rings. The molecule has 3 nitrogen and oxygen atoms in total. The first kappa shape index (κ1) is 11.6. The highest BCUT2D eigenvalue weighted by Gasteiger charge is 2.00. The Balaban J connectivity index is 2.26. The van der Waals surface area contributed by atoms with E-state index in [1.165, 1.54) is 0 Å². The van der Waals surface area contributed by atoms with E-state index < -0.39 is 0 Å². The molecule has 0 saturated heterocycles. The SMILES string of the molecule is CN(C)c1ccc(-c2ccc(CO)cc2)nc1. The summed E-state index contributed by atoms with van der Waals surface area (Å²) >= 11 is 0. The maximum Gasteiger partial charge on any atom is 0.0703 e. The van der Waals surface area contributed by atoms with Crippen LogP contribution in [0.15, 0.2) is 42.6 Å². The summed E-state index contributed by atoms with van der Waals surface area (Å²) in [6.45, 7) is 0.0767. The third-order valence-corrected chi connectivity index (χ3v) is 2.70. The molecule has 1 aromatic heterocycles. The van der Waals surface area contributed by atoms with E-state index in [2.05, 4.69) is 4.98 Å². The number of aliphatic hydroxyl groups is 1. The average molecular weight is 228 g/mol. The zero-order valence-corrected chi connectivity index (χ0v) is 10.1. The Labute approximate surface area is 101 Å². The van der Waals surface area contributed by atoms with Crippen LogP contribution in [0.1, 0.15) is 5.56 Å². The Morgan fingerprint density at radius 3 is 2.24 bits per heavy atom. The van der Waals surface area contributed by atoms with Crippen LogP contribution in [0.2, 0.25) is 0 Å². The van der Waals surface area contributed by atoms with E-state index in [1.54, 1.807) is 0 Å². The number of nitrogens with zero attached hydrogens (tertiary/aromatic N) is 2. The van der Waals surface area contributed by atoms with Gasteiger partial charge < -0.3 is 10.0 Å². The molecule has 2 rings (SSSR count). The molecule has 3 heteroatoms. The van der Waals surface area contributed by atoms with Crippen LogP contribution in [0.5, 0.6) is 0 Å². The quantitative estimate of drug-likeness (QED) is 0.875. The summed E-state index contributed by atoms with van der Waals surface area (Å²) in [6, 6.07) is 11.8. The minimum Gasteiger partial charge on any atom is -0.392 e. The van der Waals surface area contributed by atoms with Gasteiger partial charge in [-0.05, 0) is 17.7 Å². The van der Waals surface area contributed by atoms with Gasteiger partial charge in [-0.1, -0.05) is 24.3 Å². The lowest BCUT2D eigenvalue weighted by molar-refractivity contribution is 0.282. The molecular formula is C14H16N2O. The van der Waals surface area contributed by atoms with E-state index in [1.807, 2.05) is 61.6 Å². The van der Waals surface area contributed by atoms with Crippen molar-refractivity contribution in [1.29, 1.82) is 0 Å². The Morgan fingerprint density at radius 1 is 1.06 bits per heavy atom. The number of rotatable bonds is 3. The molecule has 1 heterocycles. The molecule has 0 radical (unpaired) electrons. The van der Waals surface area contributed by atoms with E-state index in [0.717, 1.165) is 22.5 Å². The minimum atomic E-state index is 0.0767. The van der Waals surface area contributed by atoms with Crippen LogP contribution in [-0.2, 0) is 6.61 Å². The summed E-state index contributed by atoms with van der Waals surface area (Å²) in [7, 11) is 3.99. The maximum atomic E-state index is 8.98. The van der Waals surface area contributed by atoms with Gasteiger partial charge in [-0.3, -0.25) is 4.98 Å². The van der Waals surface area contributed by atoms with Gasteiger partial charge in [0.25, 0.3) is 0 Å². The van der Waals surface area contributed by atoms with Gasteiger partial charge in [0.1, 0.15) is 0 Å². The lowest BCUT2D eigenvalue weighted by atomic mass is 10.1. The van der Waals surface area contributed by atoms with Crippen molar-refractivity contribution in [3.05, 3.63) is 48.2 Å². The normalized spacial score (nSPS) is 10.3. The van der Waals surface area contributed by atoms with E-state index in [4.69, 9.17) is 5.11 Å². The highest BCUT2D eigenvalue weighted by atomic mass is 16.3. The van der Waals surface area contributed by atoms with E-state index in [0.29, 0.717) is 0 Å². The van der Waals surface area contributed by atoms with Crippen molar-refractivity contribution in [2.75, 3.05) is 19.0 Å². The van der Waals surface area contributed by atoms with Gasteiger partial charge in [0.05, 0.1) is 24.2 Å². The molecule has 0 amide bonds.